The van der Waals surface area contributed by atoms with Crippen LogP contribution in [0.25, 0.3) is 0 Å². The van der Waals surface area contributed by atoms with Gasteiger partial charge in [-0.25, -0.2) is 9.59 Å². The Hall–Kier alpha value is -2.63. The number of fused-ring (bicyclic) bond motifs is 1. The van der Waals surface area contributed by atoms with Crippen molar-refractivity contribution in [3.8, 4) is 0 Å². The molecule has 0 aromatic carbocycles. The first-order valence-electron chi connectivity index (χ1n) is 10.5. The SMILES string of the molecule is CC(=O)C1CCCN(C(=O)Cn2c3c(n(C(C)C)c2=O)CNCC3)C1.O=C(O)C(F)(F)F. The zero-order valence-corrected chi connectivity index (χ0v) is 18.4. The minimum Gasteiger partial charge on any atom is -0.475 e. The predicted molar refractivity (Wildman–Crippen MR) is 108 cm³/mol. The highest BCUT2D eigenvalue weighted by atomic mass is 19.4. The number of hydrogen-bond donors (Lipinski definition) is 2. The van der Waals surface area contributed by atoms with Crippen molar-refractivity contribution in [1.29, 1.82) is 0 Å². The minimum absolute atomic E-state index is 0.0599. The number of Topliss-reactive ketones (excluding diaryl/α,β-unsaturated/α-hetero) is 1. The Morgan fingerprint density at radius 1 is 1.22 bits per heavy atom. The molecule has 1 atom stereocenters. The Kier molecular flexibility index (Phi) is 8.27. The second kappa shape index (κ2) is 10.3. The Balaban J connectivity index is 0.000000451. The van der Waals surface area contributed by atoms with E-state index >= 15 is 0 Å². The van der Waals surface area contributed by atoms with E-state index in [-0.39, 0.29) is 35.9 Å². The highest BCUT2D eigenvalue weighted by Crippen LogP contribution is 2.20. The number of nitrogens with one attached hydrogen (secondary N) is 1. The number of likely N-dealkylation sites (tertiary alicyclic amines) is 1. The van der Waals surface area contributed by atoms with Crippen LogP contribution in [0.5, 0.6) is 0 Å². The lowest BCUT2D eigenvalue weighted by atomic mass is 9.94. The number of carbonyl (C=O) groups is 3. The smallest absolute Gasteiger partial charge is 0.475 e. The maximum absolute atomic E-state index is 12.9. The Bertz CT molecular complexity index is 920. The molecule has 2 aliphatic heterocycles. The number of alkyl halides is 3. The number of piperidine rings is 1. The third-order valence-electron chi connectivity index (χ3n) is 5.62. The number of amides is 1. The Labute approximate surface area is 183 Å². The summed E-state index contributed by atoms with van der Waals surface area (Å²) in [6.07, 6.45) is -2.63. The van der Waals surface area contributed by atoms with Crippen LogP contribution in [0.2, 0.25) is 0 Å². The van der Waals surface area contributed by atoms with Gasteiger partial charge >= 0.3 is 17.8 Å². The molecule has 3 rings (SSSR count). The summed E-state index contributed by atoms with van der Waals surface area (Å²) < 4.78 is 35.2. The molecule has 0 radical (unpaired) electrons. The van der Waals surface area contributed by atoms with Crippen molar-refractivity contribution >= 4 is 17.7 Å². The summed E-state index contributed by atoms with van der Waals surface area (Å²) >= 11 is 0. The highest BCUT2D eigenvalue weighted by molar-refractivity contribution is 5.81. The molecule has 2 N–H and O–H groups in total. The van der Waals surface area contributed by atoms with Gasteiger partial charge in [-0.05, 0) is 33.6 Å². The average molecular weight is 462 g/mol. The van der Waals surface area contributed by atoms with Gasteiger partial charge in [-0.3, -0.25) is 18.7 Å². The number of carboxylic acids is 1. The van der Waals surface area contributed by atoms with Crippen LogP contribution in [0.3, 0.4) is 0 Å². The lowest BCUT2D eigenvalue weighted by Gasteiger charge is -2.31. The van der Waals surface area contributed by atoms with Crippen LogP contribution in [-0.4, -0.2) is 62.6 Å². The van der Waals surface area contributed by atoms with Gasteiger partial charge in [0.2, 0.25) is 5.91 Å². The van der Waals surface area contributed by atoms with Gasteiger partial charge < -0.3 is 15.3 Å². The van der Waals surface area contributed by atoms with Gasteiger partial charge in [0.1, 0.15) is 12.3 Å². The number of nitrogens with zero attached hydrogens (tertiary/aromatic N) is 3. The van der Waals surface area contributed by atoms with Gasteiger partial charge in [0, 0.05) is 50.3 Å². The number of carboxylic acid groups (broad SMARTS) is 1. The van der Waals surface area contributed by atoms with E-state index in [0.717, 1.165) is 37.2 Å². The van der Waals surface area contributed by atoms with Gasteiger partial charge in [0.15, 0.2) is 0 Å². The molecule has 0 saturated carbocycles. The molecule has 1 fully saturated rings. The third-order valence-corrected chi connectivity index (χ3v) is 5.62. The van der Waals surface area contributed by atoms with Crippen molar-refractivity contribution < 1.29 is 32.7 Å². The van der Waals surface area contributed by atoms with Crippen molar-refractivity contribution in [3.63, 3.8) is 0 Å². The van der Waals surface area contributed by atoms with Crippen LogP contribution in [0.4, 0.5) is 13.2 Å². The minimum atomic E-state index is -5.08. The number of aromatic nitrogens is 2. The van der Waals surface area contributed by atoms with Gasteiger partial charge in [-0.2, -0.15) is 13.2 Å². The lowest BCUT2D eigenvalue weighted by molar-refractivity contribution is -0.192. The average Bonchev–Trinajstić information content (AvgIpc) is 2.99. The highest BCUT2D eigenvalue weighted by Gasteiger charge is 2.38. The summed E-state index contributed by atoms with van der Waals surface area (Å²) in [6.45, 7) is 8.29. The van der Waals surface area contributed by atoms with E-state index in [9.17, 15) is 27.6 Å². The fourth-order valence-electron chi connectivity index (χ4n) is 4.00. The number of aliphatic carboxylic acids is 1. The zero-order chi connectivity index (χ0) is 24.2. The molecule has 0 bridgehead atoms. The standard InChI is InChI=1S/C18H28N4O3.C2HF3O2/c1-12(2)22-16-9-19-7-6-15(16)21(18(22)25)11-17(24)20-8-4-5-14(10-20)13(3)23;3-2(4,5)1(6)7/h12,14,19H,4-11H2,1-3H3;(H,6,7). The molecule has 0 aliphatic carbocycles. The van der Waals surface area contributed by atoms with Crippen molar-refractivity contribution in [2.75, 3.05) is 19.6 Å². The topological polar surface area (TPSA) is 114 Å². The van der Waals surface area contributed by atoms with Crippen LogP contribution in [0.1, 0.15) is 51.0 Å². The van der Waals surface area contributed by atoms with Crippen LogP contribution < -0.4 is 11.0 Å². The Morgan fingerprint density at radius 2 is 1.84 bits per heavy atom. The fraction of sp³-hybridized carbons (Fsp3) is 0.700. The zero-order valence-electron chi connectivity index (χ0n) is 18.4. The summed E-state index contributed by atoms with van der Waals surface area (Å²) in [4.78, 5) is 47.9. The number of ketones is 1. The summed E-state index contributed by atoms with van der Waals surface area (Å²) in [7, 11) is 0. The van der Waals surface area contributed by atoms with E-state index in [1.165, 1.54) is 0 Å². The summed E-state index contributed by atoms with van der Waals surface area (Å²) in [5, 5.41) is 10.4. The van der Waals surface area contributed by atoms with Crippen molar-refractivity contribution in [1.82, 2.24) is 19.4 Å². The van der Waals surface area contributed by atoms with Crippen molar-refractivity contribution in [2.45, 2.75) is 65.3 Å². The Morgan fingerprint density at radius 3 is 2.38 bits per heavy atom. The first kappa shape index (κ1) is 25.6. The molecule has 180 valence electrons. The van der Waals surface area contributed by atoms with Crippen LogP contribution in [-0.2, 0) is 33.9 Å². The first-order chi connectivity index (χ1) is 14.8. The van der Waals surface area contributed by atoms with E-state index < -0.39 is 12.1 Å². The lowest BCUT2D eigenvalue weighted by Crippen LogP contribution is -2.44. The van der Waals surface area contributed by atoms with Gasteiger partial charge in [-0.15, -0.1) is 0 Å². The van der Waals surface area contributed by atoms with Gasteiger partial charge in [-0.1, -0.05) is 0 Å². The maximum Gasteiger partial charge on any atom is 0.490 e. The number of halogens is 3. The van der Waals surface area contributed by atoms with Crippen LogP contribution in [0, 0.1) is 5.92 Å². The number of imidazole rings is 1. The molecule has 1 aromatic heterocycles. The molecule has 12 heteroatoms. The molecule has 3 heterocycles. The molecular formula is C20H29F3N4O5. The molecule has 32 heavy (non-hydrogen) atoms. The van der Waals surface area contributed by atoms with E-state index in [1.54, 1.807) is 21.0 Å². The number of hydrogen-bond acceptors (Lipinski definition) is 5. The normalized spacial score (nSPS) is 18.6. The number of carbonyl (C=O) groups excluding carboxylic acids is 2. The monoisotopic (exact) mass is 462 g/mol. The summed E-state index contributed by atoms with van der Waals surface area (Å²) in [6, 6.07) is 0.0644. The second-order valence-electron chi connectivity index (χ2n) is 8.25. The number of rotatable bonds is 4. The maximum atomic E-state index is 12.9. The van der Waals surface area contributed by atoms with E-state index in [2.05, 4.69) is 5.32 Å². The summed E-state index contributed by atoms with van der Waals surface area (Å²) in [5.41, 5.74) is 1.88. The van der Waals surface area contributed by atoms with Crippen molar-refractivity contribution in [2.24, 2.45) is 5.92 Å². The van der Waals surface area contributed by atoms with Crippen LogP contribution >= 0.6 is 0 Å². The molecule has 1 amide bonds. The van der Waals surface area contributed by atoms with E-state index in [1.807, 2.05) is 13.8 Å². The molecular weight excluding hydrogens is 433 g/mol. The molecule has 1 unspecified atom stereocenters. The fourth-order valence-corrected chi connectivity index (χ4v) is 4.00. The van der Waals surface area contributed by atoms with E-state index in [4.69, 9.17) is 9.90 Å². The van der Waals surface area contributed by atoms with Gasteiger partial charge in [0.05, 0.1) is 5.69 Å². The van der Waals surface area contributed by atoms with Crippen LogP contribution in [0.15, 0.2) is 4.79 Å². The quantitative estimate of drug-likeness (QED) is 0.698. The third kappa shape index (κ3) is 5.99. The van der Waals surface area contributed by atoms with Crippen molar-refractivity contribution in [3.05, 3.63) is 21.9 Å². The molecule has 2 aliphatic rings. The first-order valence-corrected chi connectivity index (χ1v) is 10.5. The predicted octanol–water partition coefficient (Wildman–Crippen LogP) is 1.34. The summed E-state index contributed by atoms with van der Waals surface area (Å²) in [5.74, 6) is -2.74. The molecule has 9 nitrogen and oxygen atoms in total. The molecule has 1 saturated heterocycles. The second-order valence-corrected chi connectivity index (χ2v) is 8.25. The largest absolute Gasteiger partial charge is 0.490 e. The molecule has 0 spiro atoms. The van der Waals surface area contributed by atoms with Gasteiger partial charge in [0.25, 0.3) is 0 Å². The van der Waals surface area contributed by atoms with E-state index in [0.29, 0.717) is 19.6 Å². The molecule has 1 aromatic rings.